The second kappa shape index (κ2) is 5.75. The minimum Gasteiger partial charge on any atom is -0.349 e. The zero-order chi connectivity index (χ0) is 15.7. The summed E-state index contributed by atoms with van der Waals surface area (Å²) < 4.78 is 0. The molecular formula is C20H25NO. The standard InChI is InChI=1S/C20H25NO/c1-14-11-16(13-20(2,3)12-14)21-19(22)18-10-6-8-15-7-4-5-9-17(15)18/h4-10,14,16H,11-13H2,1-3H3,(H,21,22). The summed E-state index contributed by atoms with van der Waals surface area (Å²) in [6, 6.07) is 14.3. The van der Waals surface area contributed by atoms with Crippen molar-refractivity contribution in [1.29, 1.82) is 0 Å². The maximum absolute atomic E-state index is 12.7. The summed E-state index contributed by atoms with van der Waals surface area (Å²) >= 11 is 0. The van der Waals surface area contributed by atoms with Gasteiger partial charge in [0.15, 0.2) is 0 Å². The first-order valence-corrected chi connectivity index (χ1v) is 8.23. The van der Waals surface area contributed by atoms with Crippen molar-refractivity contribution in [2.24, 2.45) is 11.3 Å². The van der Waals surface area contributed by atoms with Crippen molar-refractivity contribution in [3.8, 4) is 0 Å². The molecule has 2 unspecified atom stereocenters. The van der Waals surface area contributed by atoms with Crippen molar-refractivity contribution in [3.63, 3.8) is 0 Å². The molecule has 2 aromatic carbocycles. The highest BCUT2D eigenvalue weighted by atomic mass is 16.1. The molecule has 22 heavy (non-hydrogen) atoms. The van der Waals surface area contributed by atoms with E-state index >= 15 is 0 Å². The molecule has 1 aliphatic carbocycles. The van der Waals surface area contributed by atoms with Crippen molar-refractivity contribution < 1.29 is 4.79 Å². The van der Waals surface area contributed by atoms with E-state index in [0.717, 1.165) is 29.2 Å². The summed E-state index contributed by atoms with van der Waals surface area (Å²) in [5, 5.41) is 5.43. The number of fused-ring (bicyclic) bond motifs is 1. The predicted octanol–water partition coefficient (Wildman–Crippen LogP) is 4.78. The summed E-state index contributed by atoms with van der Waals surface area (Å²) in [5.74, 6) is 0.730. The number of carbonyl (C=O) groups excluding carboxylic acids is 1. The van der Waals surface area contributed by atoms with E-state index < -0.39 is 0 Å². The van der Waals surface area contributed by atoms with E-state index in [9.17, 15) is 4.79 Å². The van der Waals surface area contributed by atoms with E-state index in [2.05, 4.69) is 38.2 Å². The van der Waals surface area contributed by atoms with Gasteiger partial charge in [-0.05, 0) is 47.4 Å². The largest absolute Gasteiger partial charge is 0.349 e. The van der Waals surface area contributed by atoms with E-state index in [-0.39, 0.29) is 11.9 Å². The lowest BCUT2D eigenvalue weighted by atomic mass is 9.70. The fourth-order valence-corrected chi connectivity index (χ4v) is 4.14. The molecule has 2 aromatic rings. The van der Waals surface area contributed by atoms with E-state index in [0.29, 0.717) is 11.3 Å². The quantitative estimate of drug-likeness (QED) is 0.848. The Balaban J connectivity index is 1.82. The SMILES string of the molecule is CC1CC(NC(=O)c2cccc3ccccc23)CC(C)(C)C1. The normalized spacial score (nSPS) is 24.1. The van der Waals surface area contributed by atoms with Gasteiger partial charge >= 0.3 is 0 Å². The molecule has 2 atom stereocenters. The number of amides is 1. The Bertz CT molecular complexity index is 684. The van der Waals surface area contributed by atoms with Crippen LogP contribution < -0.4 is 5.32 Å². The fraction of sp³-hybridized carbons (Fsp3) is 0.450. The number of benzene rings is 2. The Labute approximate surface area is 132 Å². The van der Waals surface area contributed by atoms with Crippen LogP contribution in [0.4, 0.5) is 0 Å². The molecule has 2 nitrogen and oxygen atoms in total. The molecule has 1 saturated carbocycles. The Hall–Kier alpha value is -1.83. The molecular weight excluding hydrogens is 270 g/mol. The van der Waals surface area contributed by atoms with Crippen LogP contribution in [0.5, 0.6) is 0 Å². The lowest BCUT2D eigenvalue weighted by Gasteiger charge is -2.39. The maximum Gasteiger partial charge on any atom is 0.252 e. The van der Waals surface area contributed by atoms with Crippen molar-refractivity contribution in [2.45, 2.75) is 46.1 Å². The van der Waals surface area contributed by atoms with Gasteiger partial charge in [-0.1, -0.05) is 57.2 Å². The molecule has 0 saturated heterocycles. The lowest BCUT2D eigenvalue weighted by Crippen LogP contribution is -2.43. The summed E-state index contributed by atoms with van der Waals surface area (Å²) in [6.07, 6.45) is 3.39. The number of nitrogens with one attached hydrogen (secondary N) is 1. The maximum atomic E-state index is 12.7. The minimum absolute atomic E-state index is 0.0618. The van der Waals surface area contributed by atoms with E-state index in [1.54, 1.807) is 0 Å². The fourth-order valence-electron chi connectivity index (χ4n) is 4.14. The van der Waals surface area contributed by atoms with Crippen LogP contribution in [0, 0.1) is 11.3 Å². The minimum atomic E-state index is 0.0618. The average Bonchev–Trinajstić information content (AvgIpc) is 2.44. The third kappa shape index (κ3) is 3.16. The van der Waals surface area contributed by atoms with Crippen molar-refractivity contribution >= 4 is 16.7 Å². The smallest absolute Gasteiger partial charge is 0.252 e. The van der Waals surface area contributed by atoms with Crippen molar-refractivity contribution in [3.05, 3.63) is 48.0 Å². The summed E-state index contributed by atoms with van der Waals surface area (Å²) in [4.78, 5) is 12.7. The first-order chi connectivity index (χ1) is 10.4. The van der Waals surface area contributed by atoms with Gasteiger partial charge in [0.25, 0.3) is 5.91 Å². The zero-order valence-electron chi connectivity index (χ0n) is 13.7. The molecule has 1 amide bonds. The molecule has 116 valence electrons. The van der Waals surface area contributed by atoms with E-state index in [1.165, 1.54) is 6.42 Å². The van der Waals surface area contributed by atoms with Crippen molar-refractivity contribution in [2.75, 3.05) is 0 Å². The second-order valence-corrected chi connectivity index (χ2v) is 7.61. The number of hydrogen-bond donors (Lipinski definition) is 1. The van der Waals surface area contributed by atoms with Crippen LogP contribution in [0.25, 0.3) is 10.8 Å². The van der Waals surface area contributed by atoms with Gasteiger partial charge in [-0.3, -0.25) is 4.79 Å². The molecule has 1 N–H and O–H groups in total. The number of carbonyl (C=O) groups is 1. The van der Waals surface area contributed by atoms with Gasteiger partial charge < -0.3 is 5.32 Å². The molecule has 0 heterocycles. The van der Waals surface area contributed by atoms with Crippen LogP contribution in [0.15, 0.2) is 42.5 Å². The topological polar surface area (TPSA) is 29.1 Å². The van der Waals surface area contributed by atoms with Crippen LogP contribution in [-0.4, -0.2) is 11.9 Å². The molecule has 0 bridgehead atoms. The molecule has 0 radical (unpaired) electrons. The van der Waals surface area contributed by atoms with Crippen molar-refractivity contribution in [1.82, 2.24) is 5.32 Å². The first-order valence-electron chi connectivity index (χ1n) is 8.23. The molecule has 0 aromatic heterocycles. The number of hydrogen-bond acceptors (Lipinski definition) is 1. The molecule has 3 rings (SSSR count). The van der Waals surface area contributed by atoms with Gasteiger partial charge in [-0.25, -0.2) is 0 Å². The molecule has 2 heteroatoms. The van der Waals surface area contributed by atoms with Crippen LogP contribution in [0.2, 0.25) is 0 Å². The van der Waals surface area contributed by atoms with Crippen LogP contribution in [0.1, 0.15) is 50.4 Å². The molecule has 0 spiro atoms. The van der Waals surface area contributed by atoms with Gasteiger partial charge in [0, 0.05) is 11.6 Å². The molecule has 1 aliphatic rings. The third-order valence-corrected chi connectivity index (χ3v) is 4.76. The Kier molecular flexibility index (Phi) is 3.94. The summed E-state index contributed by atoms with van der Waals surface area (Å²) in [7, 11) is 0. The Morgan fingerprint density at radius 2 is 1.82 bits per heavy atom. The van der Waals surface area contributed by atoms with Gasteiger partial charge in [-0.2, -0.15) is 0 Å². The monoisotopic (exact) mass is 295 g/mol. The molecule has 1 fully saturated rings. The second-order valence-electron chi connectivity index (χ2n) is 7.61. The van der Waals surface area contributed by atoms with Crippen LogP contribution in [0.3, 0.4) is 0 Å². The lowest BCUT2D eigenvalue weighted by molar-refractivity contribution is 0.0876. The Morgan fingerprint density at radius 1 is 1.09 bits per heavy atom. The van der Waals surface area contributed by atoms with Crippen LogP contribution >= 0.6 is 0 Å². The summed E-state index contributed by atoms with van der Waals surface area (Å²) in [6.45, 7) is 6.90. The Morgan fingerprint density at radius 3 is 2.59 bits per heavy atom. The number of rotatable bonds is 2. The third-order valence-electron chi connectivity index (χ3n) is 4.76. The molecule has 0 aliphatic heterocycles. The highest BCUT2D eigenvalue weighted by Gasteiger charge is 2.32. The first kappa shape index (κ1) is 15.1. The van der Waals surface area contributed by atoms with Gasteiger partial charge in [0.05, 0.1) is 0 Å². The zero-order valence-corrected chi connectivity index (χ0v) is 13.7. The van der Waals surface area contributed by atoms with Crippen LogP contribution in [-0.2, 0) is 0 Å². The summed E-state index contributed by atoms with van der Waals surface area (Å²) in [5.41, 5.74) is 1.10. The predicted molar refractivity (Wildman–Crippen MR) is 92.0 cm³/mol. The highest BCUT2D eigenvalue weighted by molar-refractivity contribution is 6.07. The van der Waals surface area contributed by atoms with Gasteiger partial charge in [-0.15, -0.1) is 0 Å². The highest BCUT2D eigenvalue weighted by Crippen LogP contribution is 2.38. The van der Waals surface area contributed by atoms with E-state index in [4.69, 9.17) is 0 Å². The average molecular weight is 295 g/mol. The van der Waals surface area contributed by atoms with E-state index in [1.807, 2.05) is 30.3 Å². The van der Waals surface area contributed by atoms with Gasteiger partial charge in [0.2, 0.25) is 0 Å². The van der Waals surface area contributed by atoms with Gasteiger partial charge in [0.1, 0.15) is 0 Å².